The Balaban J connectivity index is 1.80. The first-order valence-corrected chi connectivity index (χ1v) is 5.23. The first-order chi connectivity index (χ1) is 8.72. The van der Waals surface area contributed by atoms with Crippen LogP contribution >= 0.6 is 0 Å². The molecule has 0 bridgehead atoms. The van der Waals surface area contributed by atoms with Crippen LogP contribution in [0.3, 0.4) is 0 Å². The van der Waals surface area contributed by atoms with Gasteiger partial charge in [0, 0.05) is 13.1 Å². The summed E-state index contributed by atoms with van der Waals surface area (Å²) in [5.74, 6) is 1.27. The molecule has 3 rings (SSSR count). The Hall–Kier alpha value is -2.71. The maximum Gasteiger partial charge on any atom is 0.348 e. The van der Waals surface area contributed by atoms with Gasteiger partial charge in [0.05, 0.1) is 6.54 Å². The Morgan fingerprint density at radius 2 is 2.28 bits per heavy atom. The van der Waals surface area contributed by atoms with Gasteiger partial charge in [-0.3, -0.25) is 4.68 Å². The zero-order chi connectivity index (χ0) is 12.5. The minimum atomic E-state index is -0.310. The van der Waals surface area contributed by atoms with Crippen molar-refractivity contribution in [2.45, 2.75) is 6.54 Å². The van der Waals surface area contributed by atoms with Gasteiger partial charge in [0.25, 0.3) is 0 Å². The van der Waals surface area contributed by atoms with Gasteiger partial charge >= 0.3 is 5.69 Å². The van der Waals surface area contributed by atoms with E-state index < -0.39 is 0 Å². The number of anilines is 1. The Morgan fingerprint density at radius 3 is 3.06 bits per heavy atom. The smallest absolute Gasteiger partial charge is 0.348 e. The summed E-state index contributed by atoms with van der Waals surface area (Å²) < 4.78 is 2.95. The van der Waals surface area contributed by atoms with Gasteiger partial charge in [-0.1, -0.05) is 0 Å². The van der Waals surface area contributed by atoms with E-state index in [4.69, 9.17) is 0 Å². The van der Waals surface area contributed by atoms with Crippen LogP contribution in [0, 0.1) is 0 Å². The number of H-pyrrole nitrogens is 1. The minimum Gasteiger partial charge on any atom is -0.363 e. The molecule has 18 heavy (non-hydrogen) atoms. The average molecular weight is 246 g/mol. The molecule has 0 aliphatic carbocycles. The molecule has 3 heterocycles. The number of hydrogen-bond donors (Lipinski definition) is 2. The number of rotatable bonds is 3. The largest absolute Gasteiger partial charge is 0.363 e. The Morgan fingerprint density at radius 1 is 1.39 bits per heavy atom. The van der Waals surface area contributed by atoms with Gasteiger partial charge in [-0.15, -0.1) is 0 Å². The highest BCUT2D eigenvalue weighted by Crippen LogP contribution is 2.05. The molecule has 0 radical (unpaired) electrons. The number of nitrogens with zero attached hydrogens (tertiary/aromatic N) is 6. The molecule has 9 heteroatoms. The van der Waals surface area contributed by atoms with Gasteiger partial charge in [-0.2, -0.15) is 10.2 Å². The van der Waals surface area contributed by atoms with E-state index in [2.05, 4.69) is 30.6 Å². The highest BCUT2D eigenvalue weighted by atomic mass is 16.1. The van der Waals surface area contributed by atoms with Crippen LogP contribution < -0.4 is 11.0 Å². The predicted molar refractivity (Wildman–Crippen MR) is 61.9 cm³/mol. The van der Waals surface area contributed by atoms with Crippen LogP contribution in [0.25, 0.3) is 5.65 Å². The molecule has 0 unspecified atom stereocenters. The summed E-state index contributed by atoms with van der Waals surface area (Å²) in [6.45, 7) is 0.457. The molecule has 0 aliphatic heterocycles. The van der Waals surface area contributed by atoms with Gasteiger partial charge in [0.15, 0.2) is 11.5 Å². The summed E-state index contributed by atoms with van der Waals surface area (Å²) in [6, 6.07) is 1.67. The lowest BCUT2D eigenvalue weighted by Crippen LogP contribution is -2.10. The average Bonchev–Trinajstić information content (AvgIpc) is 2.94. The standard InChI is InChI=1S/C9H10N8O/c1-16-4-11-7(15-16)3-10-6-2-8-13-14-9(18)17(8)5-12-6/h2,4-5,10H,3H2,1H3,(H,14,18). The zero-order valence-electron chi connectivity index (χ0n) is 9.53. The molecular weight excluding hydrogens is 236 g/mol. The van der Waals surface area contributed by atoms with Crippen LogP contribution in [0.1, 0.15) is 5.82 Å². The third-order valence-corrected chi connectivity index (χ3v) is 2.38. The molecule has 9 nitrogen and oxygen atoms in total. The monoisotopic (exact) mass is 246 g/mol. The number of aromatic nitrogens is 7. The maximum absolute atomic E-state index is 11.2. The van der Waals surface area contributed by atoms with Crippen molar-refractivity contribution < 1.29 is 0 Å². The van der Waals surface area contributed by atoms with Crippen molar-refractivity contribution in [2.75, 3.05) is 5.32 Å². The van der Waals surface area contributed by atoms with E-state index in [1.54, 1.807) is 24.1 Å². The topological polar surface area (TPSA) is 106 Å². The number of hydrogen-bond acceptors (Lipinski definition) is 6. The fourth-order valence-electron chi connectivity index (χ4n) is 1.54. The second kappa shape index (κ2) is 3.95. The van der Waals surface area contributed by atoms with Crippen molar-refractivity contribution in [3.63, 3.8) is 0 Å². The first kappa shape index (κ1) is 10.4. The lowest BCUT2D eigenvalue weighted by atomic mass is 10.5. The van der Waals surface area contributed by atoms with Gasteiger partial charge in [-0.05, 0) is 0 Å². The van der Waals surface area contributed by atoms with Crippen LogP contribution in [0.5, 0.6) is 0 Å². The molecule has 0 saturated heterocycles. The molecule has 0 fully saturated rings. The fraction of sp³-hybridized carbons (Fsp3) is 0.222. The van der Waals surface area contributed by atoms with Gasteiger partial charge in [-0.25, -0.2) is 24.3 Å². The van der Waals surface area contributed by atoms with Crippen molar-refractivity contribution in [1.82, 2.24) is 34.3 Å². The van der Waals surface area contributed by atoms with Gasteiger partial charge in [0.2, 0.25) is 0 Å². The Kier molecular flexibility index (Phi) is 2.29. The summed E-state index contributed by atoms with van der Waals surface area (Å²) >= 11 is 0. The SMILES string of the molecule is Cn1cnc(CNc2cc3n[nH]c(=O)n3cn2)n1. The lowest BCUT2D eigenvalue weighted by Gasteiger charge is -2.02. The normalized spacial score (nSPS) is 10.9. The summed E-state index contributed by atoms with van der Waals surface area (Å²) in [7, 11) is 1.80. The number of nitrogens with one attached hydrogen (secondary N) is 2. The molecule has 2 N–H and O–H groups in total. The minimum absolute atomic E-state index is 0.310. The quantitative estimate of drug-likeness (QED) is 0.624. The maximum atomic E-state index is 11.2. The lowest BCUT2D eigenvalue weighted by molar-refractivity contribution is 0.747. The molecule has 0 amide bonds. The first-order valence-electron chi connectivity index (χ1n) is 5.23. The molecule has 0 spiro atoms. The highest BCUT2D eigenvalue weighted by Gasteiger charge is 2.03. The van der Waals surface area contributed by atoms with E-state index >= 15 is 0 Å². The molecule has 0 atom stereocenters. The zero-order valence-corrected chi connectivity index (χ0v) is 9.53. The van der Waals surface area contributed by atoms with Crippen LogP contribution in [-0.2, 0) is 13.6 Å². The predicted octanol–water partition coefficient (Wildman–Crippen LogP) is -0.842. The van der Waals surface area contributed by atoms with Crippen LogP contribution in [-0.4, -0.2) is 34.3 Å². The van der Waals surface area contributed by atoms with E-state index in [9.17, 15) is 4.79 Å². The molecule has 0 aliphatic rings. The highest BCUT2D eigenvalue weighted by molar-refractivity contribution is 5.48. The van der Waals surface area contributed by atoms with Crippen LogP contribution in [0.4, 0.5) is 5.82 Å². The molecule has 3 aromatic rings. The van der Waals surface area contributed by atoms with Crippen LogP contribution in [0.2, 0.25) is 0 Å². The molecular formula is C9H10N8O. The van der Waals surface area contributed by atoms with Crippen LogP contribution in [0.15, 0.2) is 23.5 Å². The summed E-state index contributed by atoms with van der Waals surface area (Å²) in [5.41, 5.74) is 0.196. The molecule has 0 aromatic carbocycles. The number of fused-ring (bicyclic) bond motifs is 1. The van der Waals surface area contributed by atoms with Crippen molar-refractivity contribution in [2.24, 2.45) is 7.05 Å². The molecule has 92 valence electrons. The third kappa shape index (κ3) is 1.81. The number of aryl methyl sites for hydroxylation is 1. The van der Waals surface area contributed by atoms with Crippen molar-refractivity contribution in [1.29, 1.82) is 0 Å². The van der Waals surface area contributed by atoms with E-state index in [1.807, 2.05) is 0 Å². The van der Waals surface area contributed by atoms with E-state index in [0.29, 0.717) is 23.8 Å². The second-order valence-electron chi connectivity index (χ2n) is 3.72. The Labute approximate surface area is 101 Å². The van der Waals surface area contributed by atoms with E-state index in [-0.39, 0.29) is 5.69 Å². The van der Waals surface area contributed by atoms with Crippen molar-refractivity contribution in [3.05, 3.63) is 35.0 Å². The molecule has 3 aromatic heterocycles. The fourth-order valence-corrected chi connectivity index (χ4v) is 1.54. The van der Waals surface area contributed by atoms with E-state index in [0.717, 1.165) is 0 Å². The summed E-state index contributed by atoms with van der Waals surface area (Å²) in [6.07, 6.45) is 3.04. The third-order valence-electron chi connectivity index (χ3n) is 2.38. The second-order valence-corrected chi connectivity index (χ2v) is 3.72. The number of aromatic amines is 1. The molecule has 0 saturated carbocycles. The van der Waals surface area contributed by atoms with Gasteiger partial charge < -0.3 is 5.32 Å². The van der Waals surface area contributed by atoms with E-state index in [1.165, 1.54) is 10.7 Å². The summed E-state index contributed by atoms with van der Waals surface area (Å²) in [4.78, 5) is 19.4. The van der Waals surface area contributed by atoms with Gasteiger partial charge in [0.1, 0.15) is 18.5 Å². The van der Waals surface area contributed by atoms with Crippen molar-refractivity contribution in [3.8, 4) is 0 Å². The van der Waals surface area contributed by atoms with Crippen molar-refractivity contribution >= 4 is 11.5 Å². The summed E-state index contributed by atoms with van der Waals surface area (Å²) in [5, 5.41) is 13.4. The Bertz CT molecular complexity index is 738.